The predicted octanol–water partition coefficient (Wildman–Crippen LogP) is 7.43. The number of amides is 2. The number of rotatable bonds is 4. The largest absolute Gasteiger partial charge is 0.318 e. The van der Waals surface area contributed by atoms with Gasteiger partial charge in [0.2, 0.25) is 0 Å². The molecule has 0 radical (unpaired) electrons. The van der Waals surface area contributed by atoms with Gasteiger partial charge in [0.05, 0.1) is 21.5 Å². The molecular weight excluding hydrogens is 494 g/mol. The van der Waals surface area contributed by atoms with Crippen LogP contribution in [-0.4, -0.2) is 20.6 Å². The Balaban J connectivity index is 1.64. The van der Waals surface area contributed by atoms with Gasteiger partial charge in [-0.25, -0.2) is 4.39 Å². The molecule has 1 aliphatic heterocycles. The van der Waals surface area contributed by atoms with Crippen molar-refractivity contribution in [3.63, 3.8) is 0 Å². The fourth-order valence-corrected chi connectivity index (χ4v) is 4.90. The average Bonchev–Trinajstić information content (AvgIpc) is 3.15. The number of hydrogen-bond acceptors (Lipinski definition) is 3. The number of benzene rings is 2. The molecule has 2 heterocycles. The molecule has 2 aromatic carbocycles. The molecule has 4 rings (SSSR count). The minimum absolute atomic E-state index is 0.0244. The monoisotopic (exact) mass is 508 g/mol. The molecule has 0 aliphatic carbocycles. The van der Waals surface area contributed by atoms with Gasteiger partial charge in [0.25, 0.3) is 11.1 Å². The van der Waals surface area contributed by atoms with Gasteiger partial charge in [-0.15, -0.1) is 0 Å². The molecule has 4 nitrogen and oxygen atoms in total. The molecule has 1 aliphatic rings. The summed E-state index contributed by atoms with van der Waals surface area (Å²) >= 11 is 19.1. The number of halogens is 4. The van der Waals surface area contributed by atoms with Crippen LogP contribution in [0, 0.1) is 19.7 Å². The molecular formula is C23H16Cl3FN2O2S. The van der Waals surface area contributed by atoms with Crippen LogP contribution >= 0.6 is 46.6 Å². The summed E-state index contributed by atoms with van der Waals surface area (Å²) < 4.78 is 15.3. The van der Waals surface area contributed by atoms with E-state index >= 15 is 0 Å². The zero-order valence-corrected chi connectivity index (χ0v) is 20.0. The Labute approximate surface area is 203 Å². The van der Waals surface area contributed by atoms with Crippen molar-refractivity contribution in [2.24, 2.45) is 0 Å². The fraction of sp³-hybridized carbons (Fsp3) is 0.130. The zero-order chi connectivity index (χ0) is 23.2. The zero-order valence-electron chi connectivity index (χ0n) is 17.0. The molecule has 0 bridgehead atoms. The highest BCUT2D eigenvalue weighted by Crippen LogP contribution is 2.36. The minimum atomic E-state index is -0.481. The number of aromatic nitrogens is 1. The van der Waals surface area contributed by atoms with Crippen molar-refractivity contribution in [2.75, 3.05) is 0 Å². The van der Waals surface area contributed by atoms with Gasteiger partial charge in [-0.1, -0.05) is 40.9 Å². The molecule has 1 saturated heterocycles. The second-order valence-electron chi connectivity index (χ2n) is 7.26. The molecule has 1 fully saturated rings. The van der Waals surface area contributed by atoms with E-state index in [1.54, 1.807) is 18.2 Å². The van der Waals surface area contributed by atoms with Crippen LogP contribution in [0.25, 0.3) is 11.8 Å². The van der Waals surface area contributed by atoms with E-state index in [0.29, 0.717) is 20.5 Å². The van der Waals surface area contributed by atoms with Crippen molar-refractivity contribution >= 4 is 63.8 Å². The van der Waals surface area contributed by atoms with Crippen LogP contribution < -0.4 is 0 Å². The third kappa shape index (κ3) is 4.33. The second kappa shape index (κ2) is 8.94. The lowest BCUT2D eigenvalue weighted by Gasteiger charge is -2.13. The van der Waals surface area contributed by atoms with Gasteiger partial charge in [-0.2, -0.15) is 0 Å². The summed E-state index contributed by atoms with van der Waals surface area (Å²) in [7, 11) is 0. The lowest BCUT2D eigenvalue weighted by molar-refractivity contribution is -0.123. The number of thioether (sulfide) groups is 1. The standard InChI is InChI=1S/C23H16Cl3FN2O2S/c1-12-7-15(13(2)29(12)17-5-6-18(24)20(26)10-17)8-21-22(30)28(23(31)32-21)11-14-3-4-16(27)9-19(14)25/h3-10H,11H2,1-2H3. The maximum Gasteiger partial charge on any atom is 0.293 e. The summed E-state index contributed by atoms with van der Waals surface area (Å²) in [6.07, 6.45) is 1.70. The highest BCUT2D eigenvalue weighted by molar-refractivity contribution is 8.18. The SMILES string of the molecule is Cc1cc(C=C2SC(=O)N(Cc3ccc(F)cc3Cl)C2=O)c(C)n1-c1ccc(Cl)c(Cl)c1. The molecule has 9 heteroatoms. The molecule has 2 amide bonds. The van der Waals surface area contributed by atoms with Crippen molar-refractivity contribution in [3.8, 4) is 5.69 Å². The van der Waals surface area contributed by atoms with Crippen molar-refractivity contribution in [3.05, 3.63) is 90.8 Å². The maximum absolute atomic E-state index is 13.3. The van der Waals surface area contributed by atoms with Gasteiger partial charge in [0, 0.05) is 22.1 Å². The van der Waals surface area contributed by atoms with Crippen LogP contribution in [0.3, 0.4) is 0 Å². The van der Waals surface area contributed by atoms with Crippen LogP contribution in [0.5, 0.6) is 0 Å². The quantitative estimate of drug-likeness (QED) is 0.343. The number of aryl methyl sites for hydroxylation is 1. The first kappa shape index (κ1) is 22.9. The van der Waals surface area contributed by atoms with E-state index in [1.807, 2.05) is 30.5 Å². The Bertz CT molecular complexity index is 1300. The minimum Gasteiger partial charge on any atom is -0.318 e. The van der Waals surface area contributed by atoms with Gasteiger partial charge >= 0.3 is 0 Å². The third-order valence-corrected chi connectivity index (χ3v) is 7.13. The van der Waals surface area contributed by atoms with E-state index in [1.165, 1.54) is 12.1 Å². The summed E-state index contributed by atoms with van der Waals surface area (Å²) in [6.45, 7) is 3.84. The van der Waals surface area contributed by atoms with Crippen molar-refractivity contribution < 1.29 is 14.0 Å². The number of carbonyl (C=O) groups excluding carboxylic acids is 2. The van der Waals surface area contributed by atoms with E-state index in [4.69, 9.17) is 34.8 Å². The third-order valence-electron chi connectivity index (χ3n) is 5.14. The fourth-order valence-electron chi connectivity index (χ4n) is 3.55. The van der Waals surface area contributed by atoms with Crippen LogP contribution in [0.4, 0.5) is 9.18 Å². The van der Waals surface area contributed by atoms with E-state index in [9.17, 15) is 14.0 Å². The Morgan fingerprint density at radius 2 is 1.72 bits per heavy atom. The summed E-state index contributed by atoms with van der Waals surface area (Å²) in [5, 5.41) is 0.671. The summed E-state index contributed by atoms with van der Waals surface area (Å²) in [5.74, 6) is -0.898. The van der Waals surface area contributed by atoms with Gasteiger partial charge in [0.15, 0.2) is 0 Å². The normalized spacial score (nSPS) is 15.3. The summed E-state index contributed by atoms with van der Waals surface area (Å²) in [6, 6.07) is 11.2. The maximum atomic E-state index is 13.3. The Morgan fingerprint density at radius 1 is 0.969 bits per heavy atom. The number of hydrogen-bond donors (Lipinski definition) is 0. The first-order chi connectivity index (χ1) is 15.2. The predicted molar refractivity (Wildman–Crippen MR) is 128 cm³/mol. The van der Waals surface area contributed by atoms with Crippen LogP contribution in [0.15, 0.2) is 47.4 Å². The van der Waals surface area contributed by atoms with E-state index in [0.717, 1.165) is 45.4 Å². The highest BCUT2D eigenvalue weighted by atomic mass is 35.5. The molecule has 0 unspecified atom stereocenters. The van der Waals surface area contributed by atoms with E-state index in [2.05, 4.69) is 0 Å². The number of nitrogens with zero attached hydrogens (tertiary/aromatic N) is 2. The van der Waals surface area contributed by atoms with Crippen LogP contribution in [0.1, 0.15) is 22.5 Å². The molecule has 0 N–H and O–H groups in total. The molecule has 1 aromatic heterocycles. The van der Waals surface area contributed by atoms with Crippen molar-refractivity contribution in [2.45, 2.75) is 20.4 Å². The molecule has 0 saturated carbocycles. The highest BCUT2D eigenvalue weighted by Gasteiger charge is 2.35. The topological polar surface area (TPSA) is 42.3 Å². The van der Waals surface area contributed by atoms with Crippen LogP contribution in [-0.2, 0) is 11.3 Å². The first-order valence-electron chi connectivity index (χ1n) is 9.49. The van der Waals surface area contributed by atoms with E-state index < -0.39 is 17.0 Å². The average molecular weight is 510 g/mol. The molecule has 0 atom stereocenters. The van der Waals surface area contributed by atoms with Gasteiger partial charge in [-0.05, 0) is 79.2 Å². The van der Waals surface area contributed by atoms with Gasteiger partial charge in [0.1, 0.15) is 5.82 Å². The van der Waals surface area contributed by atoms with E-state index in [-0.39, 0.29) is 11.6 Å². The summed E-state index contributed by atoms with van der Waals surface area (Å²) in [4.78, 5) is 26.8. The lowest BCUT2D eigenvalue weighted by atomic mass is 10.2. The molecule has 0 spiro atoms. The van der Waals surface area contributed by atoms with Crippen LogP contribution in [0.2, 0.25) is 15.1 Å². The number of carbonyl (C=O) groups is 2. The second-order valence-corrected chi connectivity index (χ2v) is 9.48. The van der Waals surface area contributed by atoms with Crippen molar-refractivity contribution in [1.82, 2.24) is 9.47 Å². The smallest absolute Gasteiger partial charge is 0.293 e. The lowest BCUT2D eigenvalue weighted by Crippen LogP contribution is -2.27. The Morgan fingerprint density at radius 3 is 2.41 bits per heavy atom. The molecule has 3 aromatic rings. The molecule has 164 valence electrons. The Kier molecular flexibility index (Phi) is 6.41. The Hall–Kier alpha value is -2.25. The van der Waals surface area contributed by atoms with Gasteiger partial charge in [-0.3, -0.25) is 14.5 Å². The first-order valence-corrected chi connectivity index (χ1v) is 11.4. The number of imide groups is 1. The van der Waals surface area contributed by atoms with Crippen molar-refractivity contribution in [1.29, 1.82) is 0 Å². The molecule has 32 heavy (non-hydrogen) atoms. The summed E-state index contributed by atoms with van der Waals surface area (Å²) in [5.41, 5.74) is 3.96. The van der Waals surface area contributed by atoms with Gasteiger partial charge < -0.3 is 4.57 Å².